The highest BCUT2D eigenvalue weighted by atomic mass is 32.1. The predicted octanol–water partition coefficient (Wildman–Crippen LogP) is 2.63. The molecule has 1 saturated carbocycles. The molecule has 0 aromatic carbocycles. The van der Waals surface area contributed by atoms with Gasteiger partial charge in [0, 0.05) is 19.1 Å². The van der Waals surface area contributed by atoms with E-state index in [1.807, 2.05) is 0 Å². The summed E-state index contributed by atoms with van der Waals surface area (Å²) in [6.07, 6.45) is 7.39. The third kappa shape index (κ3) is 3.48. The molecule has 1 atom stereocenters. The zero-order chi connectivity index (χ0) is 14.8. The normalized spacial score (nSPS) is 20.9. The number of aromatic nitrogens is 1. The summed E-state index contributed by atoms with van der Waals surface area (Å²) in [5.74, 6) is 0.957. The smallest absolute Gasteiger partial charge is 0.265 e. The summed E-state index contributed by atoms with van der Waals surface area (Å²) in [7, 11) is 0. The van der Waals surface area contributed by atoms with Crippen LogP contribution in [0.3, 0.4) is 0 Å². The number of thiazole rings is 1. The van der Waals surface area contributed by atoms with E-state index in [2.05, 4.69) is 22.1 Å². The van der Waals surface area contributed by atoms with Gasteiger partial charge in [-0.25, -0.2) is 4.98 Å². The minimum Gasteiger partial charge on any atom is -0.382 e. The fourth-order valence-electron chi connectivity index (χ4n) is 2.87. The minimum absolute atomic E-state index is 0.0644. The number of nitrogens with two attached hydrogens (primary N) is 1. The topological polar surface area (TPSA) is 71.2 Å². The van der Waals surface area contributed by atoms with Gasteiger partial charge in [0.2, 0.25) is 0 Å². The Morgan fingerprint density at radius 2 is 2.00 bits per heavy atom. The molecular formula is C15H24N4OS. The Hall–Kier alpha value is -1.30. The second kappa shape index (κ2) is 6.22. The Morgan fingerprint density at radius 1 is 1.33 bits per heavy atom. The van der Waals surface area contributed by atoms with Crippen molar-refractivity contribution in [3.8, 4) is 0 Å². The molecule has 21 heavy (non-hydrogen) atoms. The van der Waals surface area contributed by atoms with Crippen LogP contribution in [0, 0.1) is 5.92 Å². The maximum Gasteiger partial charge on any atom is 0.265 e. The molecule has 1 aliphatic carbocycles. The highest BCUT2D eigenvalue weighted by Gasteiger charge is 2.30. The third-order valence-electron chi connectivity index (χ3n) is 4.41. The van der Waals surface area contributed by atoms with Crippen molar-refractivity contribution in [1.82, 2.24) is 10.3 Å². The van der Waals surface area contributed by atoms with E-state index < -0.39 is 0 Å². The van der Waals surface area contributed by atoms with E-state index in [9.17, 15) is 4.79 Å². The molecule has 1 aliphatic heterocycles. The molecule has 1 aromatic heterocycles. The Balaban J connectivity index is 1.69. The minimum atomic E-state index is -0.0644. The average Bonchev–Trinajstić information content (AvgIpc) is 3.26. The maximum absolute atomic E-state index is 12.3. The standard InChI is InChI=1S/C15H24N4OS/c1-10(11-6-7-11)17-14(20)12-13(16)18-15(21-12)19-8-4-2-3-5-9-19/h10-11H,2-9,16H2,1H3,(H,17,20). The lowest BCUT2D eigenvalue weighted by molar-refractivity contribution is 0.0940. The number of hydrogen-bond acceptors (Lipinski definition) is 5. The number of nitrogen functional groups attached to an aromatic ring is 1. The first-order valence-corrected chi connectivity index (χ1v) is 8.79. The Labute approximate surface area is 129 Å². The van der Waals surface area contributed by atoms with Crippen LogP contribution in [0.2, 0.25) is 0 Å². The summed E-state index contributed by atoms with van der Waals surface area (Å²) < 4.78 is 0. The fraction of sp³-hybridized carbons (Fsp3) is 0.733. The quantitative estimate of drug-likeness (QED) is 0.897. The molecule has 2 aliphatic rings. The van der Waals surface area contributed by atoms with Gasteiger partial charge >= 0.3 is 0 Å². The second-order valence-electron chi connectivity index (χ2n) is 6.21. The highest BCUT2D eigenvalue weighted by Crippen LogP contribution is 2.33. The molecule has 3 rings (SSSR count). The molecule has 6 heteroatoms. The molecule has 1 unspecified atom stereocenters. The van der Waals surface area contributed by atoms with Crippen LogP contribution in [0.1, 0.15) is 55.1 Å². The van der Waals surface area contributed by atoms with Gasteiger partial charge in [-0.1, -0.05) is 24.2 Å². The lowest BCUT2D eigenvalue weighted by Gasteiger charge is -2.18. The monoisotopic (exact) mass is 308 g/mol. The first-order chi connectivity index (χ1) is 10.1. The van der Waals surface area contributed by atoms with Crippen molar-refractivity contribution in [3.05, 3.63) is 4.88 Å². The first kappa shape index (κ1) is 14.6. The molecule has 5 nitrogen and oxygen atoms in total. The van der Waals surface area contributed by atoms with E-state index in [0.29, 0.717) is 16.6 Å². The summed E-state index contributed by atoms with van der Waals surface area (Å²) in [6.45, 7) is 4.11. The van der Waals surface area contributed by atoms with Crippen LogP contribution in [0.25, 0.3) is 0 Å². The van der Waals surface area contributed by atoms with Crippen LogP contribution in [-0.4, -0.2) is 30.0 Å². The molecule has 3 N–H and O–H groups in total. The number of anilines is 2. The number of hydrogen-bond donors (Lipinski definition) is 2. The van der Waals surface area contributed by atoms with Gasteiger partial charge < -0.3 is 16.0 Å². The van der Waals surface area contributed by atoms with Gasteiger partial charge in [-0.15, -0.1) is 0 Å². The molecule has 2 fully saturated rings. The lowest BCUT2D eigenvalue weighted by atomic mass is 10.2. The van der Waals surface area contributed by atoms with Crippen LogP contribution in [0.5, 0.6) is 0 Å². The van der Waals surface area contributed by atoms with Crippen LogP contribution >= 0.6 is 11.3 Å². The summed E-state index contributed by atoms with van der Waals surface area (Å²) in [5, 5.41) is 3.96. The molecular weight excluding hydrogens is 284 g/mol. The molecule has 1 amide bonds. The van der Waals surface area contributed by atoms with Crippen molar-refractivity contribution in [3.63, 3.8) is 0 Å². The molecule has 0 radical (unpaired) electrons. The summed E-state index contributed by atoms with van der Waals surface area (Å²) in [5.41, 5.74) is 5.97. The number of nitrogens with zero attached hydrogens (tertiary/aromatic N) is 2. The Bertz CT molecular complexity index is 504. The van der Waals surface area contributed by atoms with E-state index in [0.717, 1.165) is 18.2 Å². The Kier molecular flexibility index (Phi) is 4.33. The van der Waals surface area contributed by atoms with Gasteiger partial charge in [-0.2, -0.15) is 0 Å². The highest BCUT2D eigenvalue weighted by molar-refractivity contribution is 7.18. The average molecular weight is 308 g/mol. The molecule has 0 bridgehead atoms. The lowest BCUT2D eigenvalue weighted by Crippen LogP contribution is -2.33. The van der Waals surface area contributed by atoms with Gasteiger partial charge in [0.05, 0.1) is 0 Å². The van der Waals surface area contributed by atoms with E-state index in [4.69, 9.17) is 5.73 Å². The molecule has 1 saturated heterocycles. The number of rotatable bonds is 4. The van der Waals surface area contributed by atoms with Gasteiger partial charge in [-0.05, 0) is 38.5 Å². The van der Waals surface area contributed by atoms with E-state index >= 15 is 0 Å². The SMILES string of the molecule is CC(NC(=O)c1sc(N2CCCCCC2)nc1N)C1CC1. The van der Waals surface area contributed by atoms with Crippen molar-refractivity contribution in [2.24, 2.45) is 5.92 Å². The maximum atomic E-state index is 12.3. The zero-order valence-electron chi connectivity index (χ0n) is 12.6. The number of nitrogens with one attached hydrogen (secondary N) is 1. The van der Waals surface area contributed by atoms with Crippen LogP contribution in [0.15, 0.2) is 0 Å². The van der Waals surface area contributed by atoms with Gasteiger partial charge in [0.25, 0.3) is 5.91 Å². The molecule has 2 heterocycles. The summed E-state index contributed by atoms with van der Waals surface area (Å²) in [4.78, 5) is 19.6. The summed E-state index contributed by atoms with van der Waals surface area (Å²) in [6, 6.07) is 0.237. The van der Waals surface area contributed by atoms with Crippen LogP contribution in [0.4, 0.5) is 10.9 Å². The Morgan fingerprint density at radius 3 is 2.62 bits per heavy atom. The van der Waals surface area contributed by atoms with Crippen molar-refractivity contribution >= 4 is 28.2 Å². The second-order valence-corrected chi connectivity index (χ2v) is 7.19. The van der Waals surface area contributed by atoms with Crippen molar-refractivity contribution in [2.75, 3.05) is 23.7 Å². The molecule has 0 spiro atoms. The summed E-state index contributed by atoms with van der Waals surface area (Å²) >= 11 is 1.44. The van der Waals surface area contributed by atoms with Gasteiger partial charge in [0.1, 0.15) is 10.7 Å². The number of amides is 1. The molecule has 116 valence electrons. The van der Waals surface area contributed by atoms with Crippen LogP contribution in [-0.2, 0) is 0 Å². The largest absolute Gasteiger partial charge is 0.382 e. The molecule has 1 aromatic rings. The fourth-order valence-corrected chi connectivity index (χ4v) is 3.81. The third-order valence-corrected chi connectivity index (χ3v) is 5.54. The van der Waals surface area contributed by atoms with E-state index in [-0.39, 0.29) is 11.9 Å². The van der Waals surface area contributed by atoms with Crippen molar-refractivity contribution in [2.45, 2.75) is 51.5 Å². The van der Waals surface area contributed by atoms with E-state index in [1.54, 1.807) is 0 Å². The van der Waals surface area contributed by atoms with Crippen LogP contribution < -0.4 is 16.0 Å². The predicted molar refractivity (Wildman–Crippen MR) is 86.9 cm³/mol. The number of carbonyl (C=O) groups excluding carboxylic acids is 1. The van der Waals surface area contributed by atoms with Gasteiger partial charge in [-0.3, -0.25) is 4.79 Å². The first-order valence-electron chi connectivity index (χ1n) is 7.97. The van der Waals surface area contributed by atoms with Crippen molar-refractivity contribution in [1.29, 1.82) is 0 Å². The zero-order valence-corrected chi connectivity index (χ0v) is 13.4. The van der Waals surface area contributed by atoms with Gasteiger partial charge in [0.15, 0.2) is 5.13 Å². The number of carbonyl (C=O) groups is 1. The van der Waals surface area contributed by atoms with E-state index in [1.165, 1.54) is 49.9 Å². The van der Waals surface area contributed by atoms with Crippen molar-refractivity contribution < 1.29 is 4.79 Å².